The van der Waals surface area contributed by atoms with E-state index in [2.05, 4.69) is 11.7 Å². The van der Waals surface area contributed by atoms with Gasteiger partial charge in [0, 0.05) is 36.9 Å². The molecule has 37 heavy (non-hydrogen) atoms. The van der Waals surface area contributed by atoms with Crippen molar-refractivity contribution < 1.29 is 27.5 Å². The second kappa shape index (κ2) is 13.7. The lowest BCUT2D eigenvalue weighted by Gasteiger charge is -2.25. The van der Waals surface area contributed by atoms with E-state index in [1.807, 2.05) is 43.0 Å². The van der Waals surface area contributed by atoms with Crippen LogP contribution in [0.2, 0.25) is 0 Å². The minimum absolute atomic E-state index is 0.0259. The van der Waals surface area contributed by atoms with Gasteiger partial charge in [-0.05, 0) is 67.4 Å². The molecule has 200 valence electrons. The third-order valence-electron chi connectivity index (χ3n) is 5.37. The molecule has 2 aromatic carbocycles. The van der Waals surface area contributed by atoms with E-state index < -0.39 is 23.5 Å². The van der Waals surface area contributed by atoms with Gasteiger partial charge in [0.05, 0.1) is 12.8 Å². The van der Waals surface area contributed by atoms with Gasteiger partial charge in [-0.15, -0.1) is 0 Å². The fourth-order valence-corrected chi connectivity index (χ4v) is 4.12. The van der Waals surface area contributed by atoms with Gasteiger partial charge in [-0.2, -0.15) is 13.2 Å². The Morgan fingerprint density at radius 2 is 1.73 bits per heavy atom. The van der Waals surface area contributed by atoms with Crippen LogP contribution in [0.4, 0.5) is 23.7 Å². The topological polar surface area (TPSA) is 65.5 Å². The van der Waals surface area contributed by atoms with Gasteiger partial charge in [0.2, 0.25) is 0 Å². The molecule has 7 nitrogen and oxygen atoms in total. The Morgan fingerprint density at radius 1 is 1.11 bits per heavy atom. The SMILES string of the molecule is C=N/C=C\N(CCN1C(=O)N(c2ccc(SC(F)(F)F)cc2)C(=O)C1C)Cc1ccc(OC)cc1.CC. The van der Waals surface area contributed by atoms with E-state index in [1.165, 1.54) is 35.4 Å². The lowest BCUT2D eigenvalue weighted by atomic mass is 10.2. The van der Waals surface area contributed by atoms with Crippen LogP contribution in [0.25, 0.3) is 0 Å². The summed E-state index contributed by atoms with van der Waals surface area (Å²) in [4.78, 5) is 34.0. The molecule has 2 aromatic rings. The standard InChI is InChI=1S/C24H25F3N4O3S.C2H6/c1-17-22(32)31(19-6-10-21(11-7-19)35-24(25,26)27)23(33)30(17)15-14-29(13-12-28-2)16-18-4-8-20(34-3)9-5-18;1-2/h4-13,17H,2,14-16H2,1,3H3;1-2H3/b13-12-;. The van der Waals surface area contributed by atoms with Crippen molar-refractivity contribution in [2.45, 2.75) is 43.8 Å². The fourth-order valence-electron chi connectivity index (χ4n) is 3.58. The number of urea groups is 1. The van der Waals surface area contributed by atoms with Crippen molar-refractivity contribution in [3.05, 3.63) is 66.5 Å². The first kappa shape index (κ1) is 29.8. The Bertz CT molecular complexity index is 1080. The van der Waals surface area contributed by atoms with E-state index in [0.717, 1.165) is 16.2 Å². The zero-order valence-corrected chi connectivity index (χ0v) is 22.1. The highest BCUT2D eigenvalue weighted by Crippen LogP contribution is 2.37. The minimum Gasteiger partial charge on any atom is -0.497 e. The summed E-state index contributed by atoms with van der Waals surface area (Å²) in [6.45, 7) is 10.3. The summed E-state index contributed by atoms with van der Waals surface area (Å²) in [5, 5.41) is 0. The van der Waals surface area contributed by atoms with Crippen molar-refractivity contribution in [2.24, 2.45) is 4.99 Å². The van der Waals surface area contributed by atoms with Crippen LogP contribution in [-0.2, 0) is 11.3 Å². The molecular weight excluding hydrogens is 505 g/mol. The normalized spacial score (nSPS) is 15.6. The van der Waals surface area contributed by atoms with E-state index in [-0.39, 0.29) is 28.9 Å². The van der Waals surface area contributed by atoms with Crippen LogP contribution in [-0.4, -0.2) is 60.2 Å². The number of hydrogen-bond donors (Lipinski definition) is 0. The lowest BCUT2D eigenvalue weighted by Crippen LogP contribution is -2.39. The molecule has 0 aliphatic carbocycles. The Morgan fingerprint density at radius 3 is 2.27 bits per heavy atom. The van der Waals surface area contributed by atoms with Crippen LogP contribution in [0, 0.1) is 0 Å². The van der Waals surface area contributed by atoms with Crippen molar-refractivity contribution in [2.75, 3.05) is 25.1 Å². The number of hydrogen-bond acceptors (Lipinski definition) is 6. The average Bonchev–Trinajstić information content (AvgIpc) is 3.09. The summed E-state index contributed by atoms with van der Waals surface area (Å²) < 4.78 is 42.9. The Kier molecular flexibility index (Phi) is 11.0. The van der Waals surface area contributed by atoms with Crippen LogP contribution < -0.4 is 9.64 Å². The number of carbonyl (C=O) groups is 2. The third kappa shape index (κ3) is 8.28. The maximum atomic E-state index is 13.1. The molecule has 3 rings (SSSR count). The molecule has 1 heterocycles. The highest BCUT2D eigenvalue weighted by molar-refractivity contribution is 8.00. The first-order valence-corrected chi connectivity index (χ1v) is 12.4. The number of nitrogens with zero attached hydrogens (tertiary/aromatic N) is 4. The largest absolute Gasteiger partial charge is 0.497 e. The molecule has 0 saturated carbocycles. The minimum atomic E-state index is -4.42. The highest BCUT2D eigenvalue weighted by Gasteiger charge is 2.43. The van der Waals surface area contributed by atoms with Crippen LogP contribution in [0.5, 0.6) is 5.75 Å². The number of ether oxygens (including phenoxy) is 1. The molecule has 1 aliphatic rings. The Labute approximate surface area is 219 Å². The van der Waals surface area contributed by atoms with E-state index in [0.29, 0.717) is 13.1 Å². The van der Waals surface area contributed by atoms with Gasteiger partial charge >= 0.3 is 11.5 Å². The summed E-state index contributed by atoms with van der Waals surface area (Å²) in [7, 11) is 1.59. The number of thioether (sulfide) groups is 1. The molecule has 0 N–H and O–H groups in total. The molecule has 1 atom stereocenters. The van der Waals surface area contributed by atoms with Crippen molar-refractivity contribution in [3.63, 3.8) is 0 Å². The molecule has 1 saturated heterocycles. The first-order chi connectivity index (χ1) is 17.6. The van der Waals surface area contributed by atoms with E-state index in [9.17, 15) is 22.8 Å². The smallest absolute Gasteiger partial charge is 0.446 e. The summed E-state index contributed by atoms with van der Waals surface area (Å²) in [6.07, 6.45) is 3.29. The number of alkyl halides is 3. The number of benzene rings is 2. The van der Waals surface area contributed by atoms with Crippen molar-refractivity contribution >= 4 is 36.1 Å². The number of rotatable bonds is 10. The number of imide groups is 1. The predicted molar refractivity (Wildman–Crippen MR) is 141 cm³/mol. The molecule has 1 fully saturated rings. The van der Waals surface area contributed by atoms with Gasteiger partial charge in [0.15, 0.2) is 0 Å². The number of anilines is 1. The first-order valence-electron chi connectivity index (χ1n) is 11.6. The number of carbonyl (C=O) groups excluding carboxylic acids is 2. The molecule has 0 spiro atoms. The summed E-state index contributed by atoms with van der Waals surface area (Å²) in [5.41, 5.74) is -3.18. The molecule has 1 aliphatic heterocycles. The Balaban J connectivity index is 0.00000235. The van der Waals surface area contributed by atoms with Crippen LogP contribution in [0.1, 0.15) is 26.3 Å². The van der Waals surface area contributed by atoms with Gasteiger partial charge in [-0.25, -0.2) is 9.69 Å². The fraction of sp³-hybridized carbons (Fsp3) is 0.346. The lowest BCUT2D eigenvalue weighted by molar-refractivity contribution is -0.119. The van der Waals surface area contributed by atoms with Gasteiger partial charge < -0.3 is 14.5 Å². The van der Waals surface area contributed by atoms with E-state index in [1.54, 1.807) is 20.2 Å². The summed E-state index contributed by atoms with van der Waals surface area (Å²) >= 11 is -0.255. The monoisotopic (exact) mass is 536 g/mol. The molecule has 11 heteroatoms. The average molecular weight is 537 g/mol. The van der Waals surface area contributed by atoms with Crippen LogP contribution >= 0.6 is 11.8 Å². The second-order valence-corrected chi connectivity index (χ2v) is 8.80. The van der Waals surface area contributed by atoms with Gasteiger partial charge in [-0.1, -0.05) is 26.0 Å². The van der Waals surface area contributed by atoms with E-state index in [4.69, 9.17) is 4.74 Å². The number of halogens is 3. The highest BCUT2D eigenvalue weighted by atomic mass is 32.2. The maximum Gasteiger partial charge on any atom is 0.446 e. The van der Waals surface area contributed by atoms with Crippen molar-refractivity contribution in [1.29, 1.82) is 0 Å². The summed E-state index contributed by atoms with van der Waals surface area (Å²) in [5.74, 6) is 0.306. The number of amides is 3. The third-order valence-corrected chi connectivity index (χ3v) is 6.11. The number of methoxy groups -OCH3 is 1. The van der Waals surface area contributed by atoms with Gasteiger partial charge in [0.25, 0.3) is 5.91 Å². The molecular formula is C26H31F3N4O3S. The van der Waals surface area contributed by atoms with Gasteiger partial charge in [0.1, 0.15) is 11.8 Å². The predicted octanol–water partition coefficient (Wildman–Crippen LogP) is 6.16. The molecule has 1 unspecified atom stereocenters. The zero-order valence-electron chi connectivity index (χ0n) is 21.2. The summed E-state index contributed by atoms with van der Waals surface area (Å²) in [6, 6.07) is 11.5. The van der Waals surface area contributed by atoms with Crippen molar-refractivity contribution in [3.8, 4) is 5.75 Å². The molecule has 3 amide bonds. The van der Waals surface area contributed by atoms with Gasteiger partial charge in [-0.3, -0.25) is 9.79 Å². The second-order valence-electron chi connectivity index (χ2n) is 7.67. The van der Waals surface area contributed by atoms with Crippen LogP contribution in [0.3, 0.4) is 0 Å². The molecule has 0 radical (unpaired) electrons. The van der Waals surface area contributed by atoms with E-state index >= 15 is 0 Å². The van der Waals surface area contributed by atoms with Crippen molar-refractivity contribution in [1.82, 2.24) is 9.80 Å². The maximum absolute atomic E-state index is 13.1. The Hall–Kier alpha value is -3.47. The quantitative estimate of drug-likeness (QED) is 0.207. The zero-order chi connectivity index (χ0) is 27.6. The molecule has 0 aromatic heterocycles. The molecule has 0 bridgehead atoms. The number of aliphatic imine (C=N–C) groups is 1. The van der Waals surface area contributed by atoms with Crippen LogP contribution in [0.15, 0.2) is 70.8 Å².